The number of aryl methyl sites for hydroxylation is 2. The molecule has 0 unspecified atom stereocenters. The zero-order valence-electron chi connectivity index (χ0n) is 15.6. The van der Waals surface area contributed by atoms with Crippen molar-refractivity contribution < 1.29 is 13.2 Å². The van der Waals surface area contributed by atoms with Crippen LogP contribution in [0.25, 0.3) is 0 Å². The number of piperidine rings is 1. The molecule has 1 fully saturated rings. The van der Waals surface area contributed by atoms with Crippen molar-refractivity contribution in [1.82, 2.24) is 14.5 Å². The van der Waals surface area contributed by atoms with E-state index < -0.39 is 10.0 Å². The minimum atomic E-state index is -3.50. The van der Waals surface area contributed by atoms with Crippen LogP contribution in [-0.4, -0.2) is 63.8 Å². The van der Waals surface area contributed by atoms with Crippen molar-refractivity contribution >= 4 is 15.9 Å². The van der Waals surface area contributed by atoms with Crippen LogP contribution in [0.1, 0.15) is 24.0 Å². The number of benzene rings is 1. The van der Waals surface area contributed by atoms with Crippen molar-refractivity contribution in [2.75, 3.05) is 40.3 Å². The Morgan fingerprint density at radius 2 is 1.88 bits per heavy atom. The number of nitrogens with zero attached hydrogens (tertiary/aromatic N) is 2. The van der Waals surface area contributed by atoms with Crippen LogP contribution < -0.4 is 5.32 Å². The average Bonchev–Trinajstić information content (AvgIpc) is 2.56. The van der Waals surface area contributed by atoms with Crippen LogP contribution in [0, 0.1) is 19.8 Å². The third kappa shape index (κ3) is 5.03. The highest BCUT2D eigenvalue weighted by molar-refractivity contribution is 7.89. The first-order valence-electron chi connectivity index (χ1n) is 8.71. The second kappa shape index (κ2) is 8.29. The van der Waals surface area contributed by atoms with Gasteiger partial charge in [0.15, 0.2) is 0 Å². The van der Waals surface area contributed by atoms with Crippen LogP contribution in [-0.2, 0) is 14.8 Å². The van der Waals surface area contributed by atoms with Crippen LogP contribution in [0.15, 0.2) is 23.1 Å². The van der Waals surface area contributed by atoms with Gasteiger partial charge in [-0.2, -0.15) is 4.31 Å². The van der Waals surface area contributed by atoms with Crippen molar-refractivity contribution in [2.45, 2.75) is 31.6 Å². The molecule has 0 bridgehead atoms. The number of rotatable bonds is 6. The highest BCUT2D eigenvalue weighted by atomic mass is 32.2. The van der Waals surface area contributed by atoms with Crippen LogP contribution in [0.5, 0.6) is 0 Å². The molecule has 7 heteroatoms. The molecule has 1 aromatic rings. The summed E-state index contributed by atoms with van der Waals surface area (Å²) in [5.41, 5.74) is 1.69. The number of amides is 1. The molecule has 1 N–H and O–H groups in total. The Morgan fingerprint density at radius 3 is 2.48 bits per heavy atom. The molecule has 6 nitrogen and oxygen atoms in total. The molecule has 25 heavy (non-hydrogen) atoms. The van der Waals surface area contributed by atoms with E-state index in [-0.39, 0.29) is 11.8 Å². The molecule has 1 saturated heterocycles. The Kier molecular flexibility index (Phi) is 6.59. The lowest BCUT2D eigenvalue weighted by molar-refractivity contribution is -0.126. The fourth-order valence-corrected chi connectivity index (χ4v) is 4.81. The molecule has 1 aliphatic rings. The fraction of sp³-hybridized carbons (Fsp3) is 0.611. The molecule has 1 aliphatic heterocycles. The number of carbonyl (C=O) groups is 1. The largest absolute Gasteiger partial charge is 0.355 e. The van der Waals surface area contributed by atoms with Gasteiger partial charge in [-0.1, -0.05) is 12.1 Å². The van der Waals surface area contributed by atoms with E-state index in [0.29, 0.717) is 37.4 Å². The number of sulfonamides is 1. The van der Waals surface area contributed by atoms with Crippen molar-refractivity contribution in [3.8, 4) is 0 Å². The molecule has 1 heterocycles. The lowest BCUT2D eigenvalue weighted by atomic mass is 9.97. The van der Waals surface area contributed by atoms with Gasteiger partial charge in [-0.25, -0.2) is 8.42 Å². The Hall–Kier alpha value is -1.44. The van der Waals surface area contributed by atoms with Gasteiger partial charge in [0.05, 0.1) is 4.90 Å². The van der Waals surface area contributed by atoms with E-state index in [1.54, 1.807) is 6.07 Å². The minimum absolute atomic E-state index is 0.0330. The zero-order valence-corrected chi connectivity index (χ0v) is 16.4. The first kappa shape index (κ1) is 19.9. The SMILES string of the molecule is Cc1ccc(C)c(S(=O)(=O)N2CCC(C(=O)NCCN(C)C)CC2)c1. The van der Waals surface area contributed by atoms with Gasteiger partial charge in [-0.15, -0.1) is 0 Å². The molecule has 0 atom stereocenters. The van der Waals surface area contributed by atoms with Gasteiger partial charge < -0.3 is 10.2 Å². The maximum absolute atomic E-state index is 12.9. The molecular weight excluding hydrogens is 338 g/mol. The number of hydrogen-bond donors (Lipinski definition) is 1. The topological polar surface area (TPSA) is 69.7 Å². The maximum Gasteiger partial charge on any atom is 0.243 e. The second-order valence-electron chi connectivity index (χ2n) is 7.04. The van der Waals surface area contributed by atoms with E-state index in [4.69, 9.17) is 0 Å². The summed E-state index contributed by atoms with van der Waals surface area (Å²) in [7, 11) is 0.425. The highest BCUT2D eigenvalue weighted by Gasteiger charge is 2.32. The summed E-state index contributed by atoms with van der Waals surface area (Å²) in [6, 6.07) is 5.48. The van der Waals surface area contributed by atoms with Gasteiger partial charge in [0.2, 0.25) is 15.9 Å². The third-order valence-electron chi connectivity index (χ3n) is 4.64. The van der Waals surface area contributed by atoms with E-state index in [1.807, 2.05) is 45.0 Å². The first-order valence-corrected chi connectivity index (χ1v) is 10.2. The monoisotopic (exact) mass is 367 g/mol. The summed E-state index contributed by atoms with van der Waals surface area (Å²) in [6.07, 6.45) is 1.13. The summed E-state index contributed by atoms with van der Waals surface area (Å²) in [5, 5.41) is 2.94. The van der Waals surface area contributed by atoms with E-state index >= 15 is 0 Å². The Labute approximate surface area is 151 Å². The van der Waals surface area contributed by atoms with Crippen LogP contribution in [0.4, 0.5) is 0 Å². The highest BCUT2D eigenvalue weighted by Crippen LogP contribution is 2.26. The lowest BCUT2D eigenvalue weighted by Crippen LogP contribution is -2.44. The molecule has 1 aromatic carbocycles. The van der Waals surface area contributed by atoms with E-state index in [0.717, 1.165) is 17.7 Å². The summed E-state index contributed by atoms with van der Waals surface area (Å²) in [6.45, 7) is 5.90. The molecule has 140 valence electrons. The fourth-order valence-electron chi connectivity index (χ4n) is 3.03. The summed E-state index contributed by atoms with van der Waals surface area (Å²) in [5.74, 6) is -0.0714. The maximum atomic E-state index is 12.9. The zero-order chi connectivity index (χ0) is 18.6. The predicted octanol–water partition coefficient (Wildman–Crippen LogP) is 1.38. The smallest absolute Gasteiger partial charge is 0.243 e. The third-order valence-corrected chi connectivity index (χ3v) is 6.69. The number of likely N-dealkylation sites (N-methyl/N-ethyl adjacent to an activating group) is 1. The number of hydrogen-bond acceptors (Lipinski definition) is 4. The van der Waals surface area contributed by atoms with Crippen molar-refractivity contribution in [3.05, 3.63) is 29.3 Å². The summed E-state index contributed by atoms with van der Waals surface area (Å²) in [4.78, 5) is 14.6. The normalized spacial score (nSPS) is 17.0. The van der Waals surface area contributed by atoms with Gasteiger partial charge in [0.25, 0.3) is 0 Å². The molecule has 2 rings (SSSR count). The molecule has 0 aromatic heterocycles. The lowest BCUT2D eigenvalue weighted by Gasteiger charge is -2.31. The van der Waals surface area contributed by atoms with Gasteiger partial charge >= 0.3 is 0 Å². The molecule has 0 aliphatic carbocycles. The van der Waals surface area contributed by atoms with Gasteiger partial charge in [0.1, 0.15) is 0 Å². The van der Waals surface area contributed by atoms with Crippen molar-refractivity contribution in [3.63, 3.8) is 0 Å². The number of carbonyl (C=O) groups excluding carboxylic acids is 1. The Bertz CT molecular complexity index is 708. The van der Waals surface area contributed by atoms with Gasteiger partial charge in [-0.3, -0.25) is 4.79 Å². The minimum Gasteiger partial charge on any atom is -0.355 e. The van der Waals surface area contributed by atoms with Crippen LogP contribution in [0.2, 0.25) is 0 Å². The standard InChI is InChI=1S/C18H29N3O3S/c1-14-5-6-15(2)17(13-14)25(23,24)21-10-7-16(8-11-21)18(22)19-9-12-20(3)4/h5-6,13,16H,7-12H2,1-4H3,(H,19,22). The number of nitrogens with one attached hydrogen (secondary N) is 1. The molecular formula is C18H29N3O3S. The van der Waals surface area contributed by atoms with Gasteiger partial charge in [0, 0.05) is 32.1 Å². The second-order valence-corrected chi connectivity index (χ2v) is 8.95. The quantitative estimate of drug-likeness (QED) is 0.825. The predicted molar refractivity (Wildman–Crippen MR) is 99.0 cm³/mol. The molecule has 0 saturated carbocycles. The van der Waals surface area contributed by atoms with E-state index in [2.05, 4.69) is 5.32 Å². The van der Waals surface area contributed by atoms with E-state index in [1.165, 1.54) is 4.31 Å². The van der Waals surface area contributed by atoms with Crippen LogP contribution >= 0.6 is 0 Å². The first-order chi connectivity index (χ1) is 11.7. The van der Waals surface area contributed by atoms with Crippen molar-refractivity contribution in [1.29, 1.82) is 0 Å². The summed E-state index contributed by atoms with van der Waals surface area (Å²) >= 11 is 0. The molecule has 1 amide bonds. The molecule has 0 spiro atoms. The molecule has 0 radical (unpaired) electrons. The van der Waals surface area contributed by atoms with Crippen molar-refractivity contribution in [2.24, 2.45) is 5.92 Å². The Balaban J connectivity index is 1.97. The van der Waals surface area contributed by atoms with Gasteiger partial charge in [-0.05, 0) is 58.0 Å². The van der Waals surface area contributed by atoms with Crippen LogP contribution in [0.3, 0.4) is 0 Å². The Morgan fingerprint density at radius 1 is 1.24 bits per heavy atom. The average molecular weight is 368 g/mol. The van der Waals surface area contributed by atoms with E-state index in [9.17, 15) is 13.2 Å². The summed E-state index contributed by atoms with van der Waals surface area (Å²) < 4.78 is 27.3.